The van der Waals surface area contributed by atoms with Gasteiger partial charge in [-0.3, -0.25) is 43.8 Å². The highest BCUT2D eigenvalue weighted by molar-refractivity contribution is 6.76. The number of nitrogens with zero attached hydrogens (tertiary/aromatic N) is 3. The number of carbonyl (C=O) groups is 9. The third-order valence-electron chi connectivity index (χ3n) is 21.3. The van der Waals surface area contributed by atoms with Gasteiger partial charge in [0, 0.05) is 146 Å². The number of benzene rings is 1. The second-order valence-electron chi connectivity index (χ2n) is 30.0. The van der Waals surface area contributed by atoms with Crippen LogP contribution in [0.3, 0.4) is 0 Å². The summed E-state index contributed by atoms with van der Waals surface area (Å²) in [6.07, 6.45) is -51.3. The standard InChI is InChI=1S/C79H115Cl3N4O44/c1-33(87)108-29-45-50(57(99-12)49(85-86-84)71(117-45)130-78(83)79(80,81)82)124-72-64(104-17)58(100-13)51(42(118-72)26-96-9)125-73-65(105-18)59(101-14)52(43(119-73)27-97-10)126-74-66(106-19)60(102-15)53(44(120-74)28-98-11)127-75-67(107-20)61(103-16)54(48(121-75)32-111-70(95)41-24-22-21-23-25-41)128-76-69(116-40(8)94)63(114-38(6)92)56(47(123-76)31-110-35(3)89)129-77-68(115-39(7)93)62(113-37(5)91)55(112-36(4)90)46(122-77)30-109-34(2)88/h21-25,42-69,71-77,83H,26-32H2,1-20H3/t42?,43?,44?,45?,46?,47?,48?,49-,50+,51+,52+,53+,54+,55-,56+,57?,58?,59?,60?,61?,62?,63?,64?,65?,66-,67-,68?,69?,71-,72-,73+,74-,75-,76-,77+/m0/s1. The van der Waals surface area contributed by atoms with Crippen molar-refractivity contribution in [1.29, 1.82) is 5.41 Å². The lowest BCUT2D eigenvalue weighted by molar-refractivity contribution is -0.402. The molecule has 0 amide bonds. The smallest absolute Gasteiger partial charge is 0.338 e. The second-order valence-corrected chi connectivity index (χ2v) is 32.2. The van der Waals surface area contributed by atoms with E-state index in [1.165, 1.54) is 97.5 Å². The summed E-state index contributed by atoms with van der Waals surface area (Å²) in [5, 5.41) is 12.1. The summed E-state index contributed by atoms with van der Waals surface area (Å²) in [6.45, 7) is 4.65. The lowest BCUT2D eigenvalue weighted by Gasteiger charge is -2.52. The van der Waals surface area contributed by atoms with Crippen LogP contribution >= 0.6 is 34.8 Å². The Hall–Kier alpha value is -6.90. The lowest BCUT2D eigenvalue weighted by atomic mass is 9.94. The first kappa shape index (κ1) is 108. The number of ether oxygens (including phenoxy) is 35. The van der Waals surface area contributed by atoms with Crippen LogP contribution in [0.4, 0.5) is 0 Å². The normalized spacial score (nSPS) is 36.3. The minimum atomic E-state index is -2.40. The van der Waals surface area contributed by atoms with E-state index in [4.69, 9.17) is 206 Å². The highest BCUT2D eigenvalue weighted by atomic mass is 35.6. The van der Waals surface area contributed by atoms with Gasteiger partial charge in [0.25, 0.3) is 3.79 Å². The summed E-state index contributed by atoms with van der Waals surface area (Å²) in [6, 6.07) is 6.33. The number of azide groups is 1. The first-order valence-electron chi connectivity index (χ1n) is 40.5. The highest BCUT2D eigenvalue weighted by Gasteiger charge is 2.63. The molecule has 48 nitrogen and oxygen atoms in total. The molecule has 7 saturated heterocycles. The molecule has 8 rings (SSSR count). The first-order valence-corrected chi connectivity index (χ1v) is 41.7. The van der Waals surface area contributed by atoms with Crippen molar-refractivity contribution in [1.82, 2.24) is 0 Å². The Kier molecular flexibility index (Phi) is 43.1. The van der Waals surface area contributed by atoms with Gasteiger partial charge in [-0.2, -0.15) is 0 Å². The summed E-state index contributed by atoms with van der Waals surface area (Å²) in [7, 11) is 16.1. The van der Waals surface area contributed by atoms with Crippen LogP contribution in [-0.4, -0.2) is 410 Å². The van der Waals surface area contributed by atoms with Gasteiger partial charge in [-0.1, -0.05) is 58.1 Å². The van der Waals surface area contributed by atoms with E-state index in [1.807, 2.05) is 0 Å². The van der Waals surface area contributed by atoms with Crippen molar-refractivity contribution < 1.29 is 209 Å². The van der Waals surface area contributed by atoms with Crippen LogP contribution in [0.1, 0.15) is 65.7 Å². The molecular formula is C79H115Cl3N4O44. The van der Waals surface area contributed by atoms with Crippen LogP contribution < -0.4 is 0 Å². The number of nitrogens with one attached hydrogen (secondary N) is 1. The summed E-state index contributed by atoms with van der Waals surface area (Å²) >= 11 is 17.9. The van der Waals surface area contributed by atoms with Crippen molar-refractivity contribution in [2.75, 3.05) is 132 Å². The number of rotatable bonds is 43. The quantitative estimate of drug-likeness (QED) is 0.0142. The number of hydrogen-bond donors (Lipinski definition) is 1. The fourth-order valence-electron chi connectivity index (χ4n) is 16.0. The Morgan fingerprint density at radius 3 is 0.838 bits per heavy atom. The van der Waals surface area contributed by atoms with E-state index in [9.17, 15) is 48.7 Å². The van der Waals surface area contributed by atoms with Crippen molar-refractivity contribution in [2.24, 2.45) is 5.11 Å². The molecule has 0 radical (unpaired) electrons. The zero-order chi connectivity index (χ0) is 95.7. The molecule has 0 saturated carbocycles. The third-order valence-corrected chi connectivity index (χ3v) is 21.8. The van der Waals surface area contributed by atoms with Crippen LogP contribution in [-0.2, 0) is 204 Å². The van der Waals surface area contributed by atoms with E-state index < -0.39 is 305 Å². The van der Waals surface area contributed by atoms with Gasteiger partial charge in [-0.25, -0.2) is 4.79 Å². The molecule has 1 N–H and O–H groups in total. The van der Waals surface area contributed by atoms with Crippen LogP contribution in [0.5, 0.6) is 0 Å². The fourth-order valence-corrected chi connectivity index (χ4v) is 16.1. The Balaban J connectivity index is 1.11. The molecule has 0 aliphatic carbocycles. The molecule has 18 unspecified atom stereocenters. The summed E-state index contributed by atoms with van der Waals surface area (Å²) in [5.41, 5.74) is 9.89. The number of esters is 9. The number of halogens is 3. The number of methoxy groups -OCH3 is 12. The van der Waals surface area contributed by atoms with Crippen molar-refractivity contribution in [3.8, 4) is 0 Å². The molecule has 7 aliphatic rings. The molecule has 0 aromatic heterocycles. The molecule has 7 aliphatic heterocycles. The van der Waals surface area contributed by atoms with Crippen molar-refractivity contribution >= 4 is 94.4 Å². The van der Waals surface area contributed by atoms with E-state index in [1.54, 1.807) is 18.2 Å². The average molecular weight is 1930 g/mol. The maximum Gasteiger partial charge on any atom is 0.338 e. The Morgan fingerprint density at radius 2 is 0.562 bits per heavy atom. The van der Waals surface area contributed by atoms with E-state index in [-0.39, 0.29) is 25.4 Å². The topological polar surface area (TPSA) is 549 Å². The van der Waals surface area contributed by atoms with Gasteiger partial charge in [0.15, 0.2) is 68.3 Å². The molecule has 736 valence electrons. The minimum Gasteiger partial charge on any atom is -0.463 e. The van der Waals surface area contributed by atoms with E-state index in [0.717, 1.165) is 55.4 Å². The molecule has 1 aromatic carbocycles. The lowest BCUT2D eigenvalue weighted by Crippen LogP contribution is -2.69. The number of carbonyl (C=O) groups excluding carboxylic acids is 9. The van der Waals surface area contributed by atoms with Crippen molar-refractivity contribution in [3.63, 3.8) is 0 Å². The maximum atomic E-state index is 14.1. The molecule has 35 atom stereocenters. The summed E-state index contributed by atoms with van der Waals surface area (Å²) in [5.74, 6) is -9.39. The molecule has 7 heterocycles. The van der Waals surface area contributed by atoms with Crippen LogP contribution in [0.15, 0.2) is 35.4 Å². The molecule has 1 aromatic rings. The minimum absolute atomic E-state index is 0.0896. The number of alkyl halides is 3. The summed E-state index contributed by atoms with van der Waals surface area (Å²) in [4.78, 5) is 121. The molecular weight excluding hydrogens is 1820 g/mol. The van der Waals surface area contributed by atoms with E-state index in [0.29, 0.717) is 0 Å². The molecule has 51 heteroatoms. The molecule has 7 fully saturated rings. The highest BCUT2D eigenvalue weighted by Crippen LogP contribution is 2.44. The molecule has 0 spiro atoms. The Morgan fingerprint density at radius 1 is 0.315 bits per heavy atom. The molecule has 130 heavy (non-hydrogen) atoms. The Bertz CT molecular complexity index is 3860. The summed E-state index contributed by atoms with van der Waals surface area (Å²) < 4.78 is 215. The van der Waals surface area contributed by atoms with Gasteiger partial charge >= 0.3 is 53.7 Å². The predicted molar refractivity (Wildman–Crippen MR) is 429 cm³/mol. The fraction of sp³-hybridized carbons (Fsp3) is 0.797. The van der Waals surface area contributed by atoms with Gasteiger partial charge in [0.1, 0.15) is 167 Å². The monoisotopic (exact) mass is 1930 g/mol. The van der Waals surface area contributed by atoms with Gasteiger partial charge < -0.3 is 166 Å². The van der Waals surface area contributed by atoms with Crippen LogP contribution in [0.2, 0.25) is 0 Å². The predicted octanol–water partition coefficient (Wildman–Crippen LogP) is 1.69. The van der Waals surface area contributed by atoms with Crippen molar-refractivity contribution in [3.05, 3.63) is 46.3 Å². The van der Waals surface area contributed by atoms with Gasteiger partial charge in [0.05, 0.1) is 25.4 Å². The molecule has 0 bridgehead atoms. The van der Waals surface area contributed by atoms with E-state index >= 15 is 0 Å². The zero-order valence-electron chi connectivity index (χ0n) is 75.0. The van der Waals surface area contributed by atoms with Crippen molar-refractivity contribution in [2.45, 2.75) is 274 Å². The van der Waals surface area contributed by atoms with Gasteiger partial charge in [-0.05, 0) is 17.7 Å². The largest absolute Gasteiger partial charge is 0.463 e. The first-order chi connectivity index (χ1) is 61.9. The van der Waals surface area contributed by atoms with E-state index in [2.05, 4.69) is 10.0 Å². The van der Waals surface area contributed by atoms with Crippen LogP contribution in [0, 0.1) is 5.41 Å². The van der Waals surface area contributed by atoms with Gasteiger partial charge in [0.2, 0.25) is 12.2 Å². The van der Waals surface area contributed by atoms with Crippen LogP contribution in [0.25, 0.3) is 10.4 Å². The second kappa shape index (κ2) is 51.7. The Labute approximate surface area is 762 Å². The maximum absolute atomic E-state index is 14.1. The average Bonchev–Trinajstić information content (AvgIpc) is 0.759. The van der Waals surface area contributed by atoms with Gasteiger partial charge in [-0.15, -0.1) is 0 Å². The third kappa shape index (κ3) is 28.2. The zero-order valence-corrected chi connectivity index (χ0v) is 77.3. The number of hydrogen-bond acceptors (Lipinski definition) is 46. The SMILES string of the molecule is COCC1O[C@@H](O[C@@H]2C(COC(C)=O)O[C@@H](OC(=N)C(Cl)(Cl)Cl)[C@@H](N=[N+]=[N-])C2OC)C(OC)C(OC)[C@@H]1O[C@H]1OC(COC)[C@@H](O[C@@H]2OC(COC)[C@@H](O[C@@H]3OC(COC(=O)c4ccccc4)[C@@H](O[C@@H]4OC(COC(C)=O)[C@@H](O[C@H]5OC(COC(C)=O)[C@H](OC(C)=O)C(OC(C)=O)C5OC(C)=O)C(OC(C)=O)C4OC(C)=O)C(OC)[C@@H]3OC)C(OC)[C@@H]2OC)C(OC)C1OC.